The van der Waals surface area contributed by atoms with Gasteiger partial charge in [0.25, 0.3) is 0 Å². The number of thioether (sulfide) groups is 2. The van der Waals surface area contributed by atoms with Gasteiger partial charge >= 0.3 is 11.9 Å². The molecule has 1 spiro atoms. The molecule has 22 heavy (non-hydrogen) atoms. The number of carbonyl (C=O) groups excluding carboxylic acids is 3. The van der Waals surface area contributed by atoms with Crippen molar-refractivity contribution in [2.45, 2.75) is 23.3 Å². The molecule has 7 heteroatoms. The first kappa shape index (κ1) is 16.2. The largest absolute Gasteiger partial charge is 0.469 e. The third-order valence-corrected chi connectivity index (χ3v) is 9.04. The van der Waals surface area contributed by atoms with Crippen molar-refractivity contribution in [3.05, 3.63) is 0 Å². The molecule has 2 aliphatic carbocycles. The van der Waals surface area contributed by atoms with Crippen LogP contribution in [0.25, 0.3) is 0 Å². The minimum Gasteiger partial charge on any atom is -0.469 e. The van der Waals surface area contributed by atoms with Gasteiger partial charge in [-0.05, 0) is 25.2 Å². The lowest BCUT2D eigenvalue weighted by Crippen LogP contribution is -2.54. The molecule has 0 aromatic carbocycles. The van der Waals surface area contributed by atoms with Crippen LogP contribution in [-0.4, -0.2) is 47.5 Å². The van der Waals surface area contributed by atoms with Gasteiger partial charge < -0.3 is 9.47 Å². The number of ether oxygens (including phenoxy) is 2. The molecule has 3 fully saturated rings. The SMILES string of the molecule is COC(=O)[C@@H]1C[C@H]2C[C@H](C[C@H](C(=O)OC)C23SCCS3)C1=O. The van der Waals surface area contributed by atoms with Crippen LogP contribution in [0.1, 0.15) is 19.3 Å². The van der Waals surface area contributed by atoms with Crippen LogP contribution in [0.5, 0.6) is 0 Å². The number of carbonyl (C=O) groups is 3. The van der Waals surface area contributed by atoms with Gasteiger partial charge in [0.1, 0.15) is 11.7 Å². The number of ketones is 1. The van der Waals surface area contributed by atoms with E-state index in [1.165, 1.54) is 14.2 Å². The van der Waals surface area contributed by atoms with Crippen molar-refractivity contribution in [2.24, 2.45) is 23.7 Å². The summed E-state index contributed by atoms with van der Waals surface area (Å²) in [5, 5.41) is 0. The minimum absolute atomic E-state index is 0.0557. The molecule has 0 aromatic rings. The zero-order chi connectivity index (χ0) is 15.9. The maximum Gasteiger partial charge on any atom is 0.316 e. The fourth-order valence-corrected chi connectivity index (χ4v) is 7.94. The van der Waals surface area contributed by atoms with Crippen molar-refractivity contribution in [1.82, 2.24) is 0 Å². The first-order chi connectivity index (χ1) is 10.5. The molecule has 0 amide bonds. The Morgan fingerprint density at radius 3 is 2.27 bits per heavy atom. The number of hydrogen-bond donors (Lipinski definition) is 0. The van der Waals surface area contributed by atoms with Crippen LogP contribution in [-0.2, 0) is 23.9 Å². The van der Waals surface area contributed by atoms with E-state index in [0.29, 0.717) is 12.8 Å². The van der Waals surface area contributed by atoms with Gasteiger partial charge in [0.2, 0.25) is 0 Å². The number of methoxy groups -OCH3 is 2. The topological polar surface area (TPSA) is 69.7 Å². The maximum atomic E-state index is 12.5. The normalized spacial score (nSPS) is 36.2. The molecular weight excluding hydrogens is 324 g/mol. The Labute approximate surface area is 138 Å². The Balaban J connectivity index is 1.93. The highest BCUT2D eigenvalue weighted by molar-refractivity contribution is 8.21. The van der Waals surface area contributed by atoms with Crippen LogP contribution >= 0.6 is 23.5 Å². The monoisotopic (exact) mass is 344 g/mol. The fraction of sp³-hybridized carbons (Fsp3) is 0.800. The van der Waals surface area contributed by atoms with E-state index in [-0.39, 0.29) is 33.6 Å². The summed E-state index contributed by atoms with van der Waals surface area (Å²) >= 11 is 3.61. The van der Waals surface area contributed by atoms with E-state index in [1.54, 1.807) is 0 Å². The van der Waals surface area contributed by atoms with Crippen LogP contribution in [0, 0.1) is 23.7 Å². The molecule has 2 bridgehead atoms. The second-order valence-corrected chi connectivity index (χ2v) is 9.08. The van der Waals surface area contributed by atoms with Crippen LogP contribution in [0.15, 0.2) is 0 Å². The molecule has 0 unspecified atom stereocenters. The lowest BCUT2D eigenvalue weighted by atomic mass is 9.63. The van der Waals surface area contributed by atoms with Crippen molar-refractivity contribution in [2.75, 3.05) is 25.7 Å². The maximum absolute atomic E-state index is 12.5. The van der Waals surface area contributed by atoms with Gasteiger partial charge in [-0.2, -0.15) is 0 Å². The third-order valence-electron chi connectivity index (χ3n) is 5.12. The minimum atomic E-state index is -0.661. The van der Waals surface area contributed by atoms with E-state index < -0.39 is 11.9 Å². The Morgan fingerprint density at radius 2 is 1.68 bits per heavy atom. The average Bonchev–Trinajstić information content (AvgIpc) is 3.02. The summed E-state index contributed by atoms with van der Waals surface area (Å²) in [6, 6.07) is 0. The smallest absolute Gasteiger partial charge is 0.316 e. The summed E-state index contributed by atoms with van der Waals surface area (Å²) in [6.45, 7) is 0. The highest BCUT2D eigenvalue weighted by atomic mass is 32.2. The lowest BCUT2D eigenvalue weighted by Gasteiger charge is -2.50. The Hall–Kier alpha value is -0.690. The van der Waals surface area contributed by atoms with Crippen molar-refractivity contribution < 1.29 is 23.9 Å². The van der Waals surface area contributed by atoms with E-state index in [0.717, 1.165) is 17.9 Å². The van der Waals surface area contributed by atoms with E-state index in [4.69, 9.17) is 9.47 Å². The van der Waals surface area contributed by atoms with E-state index in [2.05, 4.69) is 0 Å². The van der Waals surface area contributed by atoms with Gasteiger partial charge in [0, 0.05) is 17.4 Å². The summed E-state index contributed by atoms with van der Waals surface area (Å²) in [7, 11) is 2.73. The highest BCUT2D eigenvalue weighted by Crippen LogP contribution is 2.63. The Kier molecular flexibility index (Phi) is 4.47. The standard InChI is InChI=1S/C15H20O5S2/c1-19-13(17)10-7-9-5-8(12(10)16)6-11(14(18)20-2)15(9)21-3-4-22-15/h8-11H,3-7H2,1-2H3/t8-,9-,10-,11-/m1/s1. The summed E-state index contributed by atoms with van der Waals surface area (Å²) in [4.78, 5) is 36.8. The molecule has 3 rings (SSSR count). The first-order valence-electron chi connectivity index (χ1n) is 7.50. The Bertz CT molecular complexity index is 500. The van der Waals surface area contributed by atoms with Crippen molar-refractivity contribution in [3.63, 3.8) is 0 Å². The molecule has 5 nitrogen and oxygen atoms in total. The summed E-state index contributed by atoms with van der Waals surface area (Å²) in [6.07, 6.45) is 1.77. The summed E-state index contributed by atoms with van der Waals surface area (Å²) in [5.41, 5.74) is 0. The number of rotatable bonds is 2. The van der Waals surface area contributed by atoms with Crippen molar-refractivity contribution in [1.29, 1.82) is 0 Å². The highest BCUT2D eigenvalue weighted by Gasteiger charge is 2.60. The quantitative estimate of drug-likeness (QED) is 0.558. The third kappa shape index (κ3) is 2.37. The predicted molar refractivity (Wildman–Crippen MR) is 84.5 cm³/mol. The second kappa shape index (κ2) is 6.07. The van der Waals surface area contributed by atoms with Crippen LogP contribution < -0.4 is 0 Å². The van der Waals surface area contributed by atoms with Crippen LogP contribution in [0.3, 0.4) is 0 Å². The van der Waals surface area contributed by atoms with Gasteiger partial charge in [-0.1, -0.05) is 0 Å². The van der Waals surface area contributed by atoms with E-state index in [1.807, 2.05) is 23.5 Å². The molecule has 3 aliphatic rings. The summed E-state index contributed by atoms with van der Waals surface area (Å²) in [5.74, 6) is 0.313. The van der Waals surface area contributed by atoms with Crippen LogP contribution in [0.2, 0.25) is 0 Å². The van der Waals surface area contributed by atoms with E-state index >= 15 is 0 Å². The molecule has 0 aromatic heterocycles. The number of fused-ring (bicyclic) bond motifs is 3. The number of Topliss-reactive ketones (excluding diaryl/α,β-unsaturated/α-hetero) is 1. The van der Waals surface area contributed by atoms with Gasteiger partial charge in [-0.3, -0.25) is 14.4 Å². The van der Waals surface area contributed by atoms with E-state index in [9.17, 15) is 14.4 Å². The fourth-order valence-electron chi connectivity index (χ4n) is 4.15. The van der Waals surface area contributed by atoms with Crippen molar-refractivity contribution >= 4 is 41.2 Å². The molecule has 122 valence electrons. The molecule has 0 N–H and O–H groups in total. The van der Waals surface area contributed by atoms with Gasteiger partial charge in [-0.25, -0.2) is 0 Å². The molecule has 0 radical (unpaired) electrons. The molecule has 4 atom stereocenters. The molecule has 1 heterocycles. The first-order valence-corrected chi connectivity index (χ1v) is 9.48. The van der Waals surface area contributed by atoms with Gasteiger partial charge in [-0.15, -0.1) is 23.5 Å². The molecule has 1 aliphatic heterocycles. The zero-order valence-electron chi connectivity index (χ0n) is 12.7. The lowest BCUT2D eigenvalue weighted by molar-refractivity contribution is -0.157. The predicted octanol–water partition coefficient (Wildman–Crippen LogP) is 1.74. The van der Waals surface area contributed by atoms with Crippen LogP contribution in [0.4, 0.5) is 0 Å². The van der Waals surface area contributed by atoms with Gasteiger partial charge in [0.15, 0.2) is 0 Å². The van der Waals surface area contributed by atoms with Crippen molar-refractivity contribution in [3.8, 4) is 0 Å². The molecular formula is C15H20O5S2. The van der Waals surface area contributed by atoms with Gasteiger partial charge in [0.05, 0.1) is 24.2 Å². The average molecular weight is 344 g/mol. The Morgan fingerprint density at radius 1 is 1.05 bits per heavy atom. The molecule has 2 saturated carbocycles. The number of hydrogen-bond acceptors (Lipinski definition) is 7. The molecule has 1 saturated heterocycles. The zero-order valence-corrected chi connectivity index (χ0v) is 14.3. The summed E-state index contributed by atoms with van der Waals surface area (Å²) < 4.78 is 9.57. The second-order valence-electron chi connectivity index (χ2n) is 6.07. The number of esters is 2.